The number of pyridine rings is 2. The van der Waals surface area contributed by atoms with Gasteiger partial charge in [0.25, 0.3) is 0 Å². The number of furan rings is 1. The van der Waals surface area contributed by atoms with Crippen LogP contribution in [0.1, 0.15) is 0 Å². The summed E-state index contributed by atoms with van der Waals surface area (Å²) >= 11 is 0. The lowest BCUT2D eigenvalue weighted by Crippen LogP contribution is -2.44. The molecule has 5 rings (SSSR count). The van der Waals surface area contributed by atoms with E-state index in [2.05, 4.69) is 38.2 Å². The highest BCUT2D eigenvalue weighted by atomic mass is 16.3. The highest BCUT2D eigenvalue weighted by Crippen LogP contribution is 2.28. The van der Waals surface area contributed by atoms with Gasteiger partial charge in [-0.3, -0.25) is 4.79 Å². The molecule has 4 heterocycles. The highest BCUT2D eigenvalue weighted by Gasteiger charge is 2.15. The molecule has 142 valence electrons. The molecule has 0 bridgehead atoms. The summed E-state index contributed by atoms with van der Waals surface area (Å²) in [7, 11) is 2.15. The normalized spacial score (nSPS) is 15.4. The lowest BCUT2D eigenvalue weighted by Gasteiger charge is -2.33. The van der Waals surface area contributed by atoms with Gasteiger partial charge in [-0.2, -0.15) is 0 Å². The Morgan fingerprint density at radius 3 is 2.75 bits per heavy atom. The first kappa shape index (κ1) is 16.8. The Labute approximate surface area is 161 Å². The largest absolute Gasteiger partial charge is 0.454 e. The van der Waals surface area contributed by atoms with Crippen LogP contribution in [0.4, 0.5) is 17.3 Å². The van der Waals surface area contributed by atoms with Gasteiger partial charge in [-0.25, -0.2) is 4.98 Å². The minimum absolute atomic E-state index is 0.0388. The summed E-state index contributed by atoms with van der Waals surface area (Å²) in [6.07, 6.45) is 3.66. The number of nitrogens with zero attached hydrogens (tertiary/aromatic N) is 3. The first-order chi connectivity index (χ1) is 13.7. The third-order valence-corrected chi connectivity index (χ3v) is 5.27. The molecule has 1 aliphatic rings. The van der Waals surface area contributed by atoms with E-state index in [1.807, 2.05) is 24.4 Å². The van der Waals surface area contributed by atoms with E-state index < -0.39 is 0 Å². The molecule has 0 aliphatic carbocycles. The fourth-order valence-corrected chi connectivity index (χ4v) is 3.66. The number of aromatic amines is 1. The minimum Gasteiger partial charge on any atom is -0.454 e. The molecule has 7 nitrogen and oxygen atoms in total. The number of H-pyrrole nitrogens is 1. The molecule has 4 aromatic rings. The van der Waals surface area contributed by atoms with Gasteiger partial charge in [0.15, 0.2) is 11.0 Å². The van der Waals surface area contributed by atoms with Crippen molar-refractivity contribution in [2.75, 3.05) is 43.4 Å². The summed E-state index contributed by atoms with van der Waals surface area (Å²) in [4.78, 5) is 24.6. The molecule has 7 heteroatoms. The Bertz CT molecular complexity index is 1190. The number of piperazine rings is 1. The van der Waals surface area contributed by atoms with Crippen molar-refractivity contribution in [1.29, 1.82) is 0 Å². The van der Waals surface area contributed by atoms with Crippen molar-refractivity contribution in [1.82, 2.24) is 14.9 Å². The molecule has 1 aliphatic heterocycles. The van der Waals surface area contributed by atoms with Crippen LogP contribution in [0.5, 0.6) is 0 Å². The van der Waals surface area contributed by atoms with Crippen molar-refractivity contribution in [3.63, 3.8) is 0 Å². The average molecular weight is 375 g/mol. The van der Waals surface area contributed by atoms with E-state index in [4.69, 9.17) is 4.42 Å². The SMILES string of the molecule is CN1CCN(c2ccc(Nc3cc4c(c[nH]3)oc3cccc(=O)c34)nc2)CC1. The monoisotopic (exact) mass is 375 g/mol. The summed E-state index contributed by atoms with van der Waals surface area (Å²) in [5, 5.41) is 4.66. The van der Waals surface area contributed by atoms with Crippen LogP contribution in [0.3, 0.4) is 0 Å². The van der Waals surface area contributed by atoms with Gasteiger partial charge in [0.1, 0.15) is 17.2 Å². The predicted octanol–water partition coefficient (Wildman–Crippen LogP) is 3.16. The van der Waals surface area contributed by atoms with Crippen molar-refractivity contribution in [2.24, 2.45) is 0 Å². The maximum absolute atomic E-state index is 12.2. The molecule has 0 unspecified atom stereocenters. The van der Waals surface area contributed by atoms with Gasteiger partial charge in [-0.05, 0) is 37.4 Å². The predicted molar refractivity (Wildman–Crippen MR) is 112 cm³/mol. The average Bonchev–Trinajstić information content (AvgIpc) is 3.08. The van der Waals surface area contributed by atoms with Gasteiger partial charge in [0, 0.05) is 37.8 Å². The Balaban J connectivity index is 1.40. The maximum atomic E-state index is 12.2. The second kappa shape index (κ2) is 6.69. The van der Waals surface area contributed by atoms with E-state index in [9.17, 15) is 4.79 Å². The van der Waals surface area contributed by atoms with Crippen LogP contribution in [-0.2, 0) is 0 Å². The number of hydrogen-bond donors (Lipinski definition) is 2. The van der Waals surface area contributed by atoms with Gasteiger partial charge in [0.05, 0.1) is 17.3 Å². The van der Waals surface area contributed by atoms with Gasteiger partial charge in [0.2, 0.25) is 0 Å². The highest BCUT2D eigenvalue weighted by molar-refractivity contribution is 6.05. The van der Waals surface area contributed by atoms with Crippen molar-refractivity contribution >= 4 is 39.3 Å². The summed E-state index contributed by atoms with van der Waals surface area (Å²) in [5.41, 5.74) is 2.35. The van der Waals surface area contributed by atoms with E-state index in [1.165, 1.54) is 0 Å². The van der Waals surface area contributed by atoms with Crippen LogP contribution in [0.15, 0.2) is 58.0 Å². The summed E-state index contributed by atoms with van der Waals surface area (Å²) in [6, 6.07) is 11.0. The smallest absolute Gasteiger partial charge is 0.190 e. The molecule has 2 N–H and O–H groups in total. The minimum atomic E-state index is -0.0388. The zero-order valence-corrected chi connectivity index (χ0v) is 15.6. The lowest BCUT2D eigenvalue weighted by atomic mass is 10.2. The van der Waals surface area contributed by atoms with Crippen molar-refractivity contribution in [3.8, 4) is 0 Å². The van der Waals surface area contributed by atoms with E-state index in [0.717, 1.165) is 48.9 Å². The molecule has 0 radical (unpaired) electrons. The number of anilines is 3. The second-order valence-electron chi connectivity index (χ2n) is 7.17. The first-order valence-corrected chi connectivity index (χ1v) is 9.38. The number of likely N-dealkylation sites (N-methyl/N-ethyl adjacent to an activating group) is 1. The Morgan fingerprint density at radius 2 is 1.96 bits per heavy atom. The summed E-state index contributed by atoms with van der Waals surface area (Å²) in [5.74, 6) is 1.49. The van der Waals surface area contributed by atoms with E-state index >= 15 is 0 Å². The quantitative estimate of drug-likeness (QED) is 0.573. The molecule has 3 aromatic heterocycles. The fraction of sp³-hybridized carbons (Fsp3) is 0.238. The molecule has 1 saturated heterocycles. The van der Waals surface area contributed by atoms with Crippen LogP contribution in [0, 0.1) is 0 Å². The molecule has 1 fully saturated rings. The van der Waals surface area contributed by atoms with Crippen molar-refractivity contribution < 1.29 is 4.42 Å². The maximum Gasteiger partial charge on any atom is 0.190 e. The van der Waals surface area contributed by atoms with Gasteiger partial charge >= 0.3 is 0 Å². The van der Waals surface area contributed by atoms with E-state index in [1.54, 1.807) is 18.3 Å². The van der Waals surface area contributed by atoms with Crippen molar-refractivity contribution in [2.45, 2.75) is 0 Å². The van der Waals surface area contributed by atoms with Crippen LogP contribution < -0.4 is 15.6 Å². The number of hydrogen-bond acceptors (Lipinski definition) is 6. The summed E-state index contributed by atoms with van der Waals surface area (Å²) < 4.78 is 5.75. The molecule has 0 spiro atoms. The number of aromatic nitrogens is 2. The molecule has 0 saturated carbocycles. The third-order valence-electron chi connectivity index (χ3n) is 5.27. The number of nitrogens with one attached hydrogen (secondary N) is 2. The topological polar surface area (TPSA) is 77.4 Å². The van der Waals surface area contributed by atoms with Crippen LogP contribution >= 0.6 is 0 Å². The number of rotatable bonds is 3. The lowest BCUT2D eigenvalue weighted by molar-refractivity contribution is 0.313. The van der Waals surface area contributed by atoms with Gasteiger partial charge in [-0.1, -0.05) is 6.07 Å². The molecule has 1 aromatic carbocycles. The van der Waals surface area contributed by atoms with E-state index in [-0.39, 0.29) is 5.43 Å². The zero-order chi connectivity index (χ0) is 19.1. The van der Waals surface area contributed by atoms with Crippen molar-refractivity contribution in [3.05, 3.63) is 59.0 Å². The molecular weight excluding hydrogens is 354 g/mol. The van der Waals surface area contributed by atoms with Crippen LogP contribution in [0.2, 0.25) is 0 Å². The first-order valence-electron chi connectivity index (χ1n) is 9.38. The van der Waals surface area contributed by atoms with Gasteiger partial charge < -0.3 is 24.5 Å². The molecule has 0 atom stereocenters. The molecule has 0 amide bonds. The van der Waals surface area contributed by atoms with Crippen LogP contribution in [-0.4, -0.2) is 48.1 Å². The second-order valence-corrected chi connectivity index (χ2v) is 7.17. The number of fused-ring (bicyclic) bond motifs is 3. The molecular formula is C21H21N5O2. The van der Waals surface area contributed by atoms with Gasteiger partial charge in [-0.15, -0.1) is 0 Å². The Kier molecular flexibility index (Phi) is 4.02. The Hall–Kier alpha value is -3.32. The zero-order valence-electron chi connectivity index (χ0n) is 15.6. The van der Waals surface area contributed by atoms with E-state index in [0.29, 0.717) is 16.6 Å². The standard InChI is InChI=1S/C21H21N5O2/c1-25-7-9-26(10-8-25)14-5-6-19(22-12-14)24-20-11-15-18(13-23-20)28-17-4-2-3-16(27)21(15)17/h2-6,11-13,23H,7-10H2,1H3,(H,22,24). The fourth-order valence-electron chi connectivity index (χ4n) is 3.66. The Morgan fingerprint density at radius 1 is 1.11 bits per heavy atom. The molecule has 28 heavy (non-hydrogen) atoms. The number of benzene rings is 1. The van der Waals surface area contributed by atoms with Crippen LogP contribution in [0.25, 0.3) is 21.9 Å². The third kappa shape index (κ3) is 2.99. The summed E-state index contributed by atoms with van der Waals surface area (Å²) in [6.45, 7) is 4.16.